The summed E-state index contributed by atoms with van der Waals surface area (Å²) < 4.78 is 19.4. The number of aromatic amines is 2. The average molecular weight is 351 g/mol. The molecule has 1 aliphatic heterocycles. The molecule has 0 atom stereocenters. The number of amides is 1. The Morgan fingerprint density at radius 3 is 2.77 bits per heavy atom. The van der Waals surface area contributed by atoms with Crippen LogP contribution in [0.1, 0.15) is 33.7 Å². The van der Waals surface area contributed by atoms with E-state index in [0.717, 1.165) is 38.5 Å². The molecule has 132 valence electrons. The average Bonchev–Trinajstić information content (AvgIpc) is 3.27. The molecular weight excluding hydrogens is 333 g/mol. The van der Waals surface area contributed by atoms with Gasteiger partial charge >= 0.3 is 0 Å². The molecule has 5 nitrogen and oxygen atoms in total. The first-order valence-electron chi connectivity index (χ1n) is 8.28. The first-order valence-corrected chi connectivity index (χ1v) is 8.28. The van der Waals surface area contributed by atoms with Gasteiger partial charge in [-0.3, -0.25) is 4.79 Å². The molecule has 2 aromatic heterocycles. The largest absolute Gasteiger partial charge is 0.467 e. The van der Waals surface area contributed by atoms with Gasteiger partial charge in [-0.15, -0.1) is 0 Å². The molecule has 3 heterocycles. The van der Waals surface area contributed by atoms with Crippen molar-refractivity contribution in [1.29, 1.82) is 0 Å². The van der Waals surface area contributed by atoms with Crippen molar-refractivity contribution in [2.45, 2.75) is 20.3 Å². The van der Waals surface area contributed by atoms with Crippen molar-refractivity contribution in [3.05, 3.63) is 69.4 Å². The van der Waals surface area contributed by atoms with Crippen LogP contribution in [0, 0.1) is 19.7 Å². The van der Waals surface area contributed by atoms with E-state index in [1.54, 1.807) is 19.3 Å². The SMILES string of the molecule is Cc1[nH]c(/C=c2\c(=C3/CC=CO3)[nH]c3ccc(F)cc23)c(C)c1C(N)=O. The highest BCUT2D eigenvalue weighted by Gasteiger charge is 2.15. The molecule has 0 radical (unpaired) electrons. The van der Waals surface area contributed by atoms with Gasteiger partial charge in [0.2, 0.25) is 0 Å². The number of ether oxygens (including phenoxy) is 1. The first-order chi connectivity index (χ1) is 12.5. The lowest BCUT2D eigenvalue weighted by atomic mass is 10.1. The van der Waals surface area contributed by atoms with Crippen LogP contribution in [0.2, 0.25) is 0 Å². The van der Waals surface area contributed by atoms with E-state index in [9.17, 15) is 9.18 Å². The third-order valence-electron chi connectivity index (χ3n) is 4.70. The predicted octanol–water partition coefficient (Wildman–Crippen LogP) is 2.22. The normalized spacial score (nSPS) is 16.5. The summed E-state index contributed by atoms with van der Waals surface area (Å²) in [5.41, 5.74) is 9.01. The summed E-state index contributed by atoms with van der Waals surface area (Å²) in [4.78, 5) is 18.2. The van der Waals surface area contributed by atoms with Gasteiger partial charge in [0.25, 0.3) is 5.91 Å². The second kappa shape index (κ2) is 5.91. The monoisotopic (exact) mass is 351 g/mol. The van der Waals surface area contributed by atoms with Crippen LogP contribution in [-0.4, -0.2) is 15.9 Å². The minimum atomic E-state index is -0.473. The molecule has 1 amide bonds. The fourth-order valence-electron chi connectivity index (χ4n) is 3.48. The lowest BCUT2D eigenvalue weighted by Gasteiger charge is -1.97. The third kappa shape index (κ3) is 2.50. The van der Waals surface area contributed by atoms with E-state index >= 15 is 0 Å². The number of carbonyl (C=O) groups is 1. The van der Waals surface area contributed by atoms with Crippen LogP contribution >= 0.6 is 0 Å². The summed E-state index contributed by atoms with van der Waals surface area (Å²) in [5.74, 6) is -0.0203. The van der Waals surface area contributed by atoms with Gasteiger partial charge in [-0.05, 0) is 49.8 Å². The van der Waals surface area contributed by atoms with E-state index in [0.29, 0.717) is 17.7 Å². The molecule has 1 aromatic carbocycles. The van der Waals surface area contributed by atoms with E-state index in [-0.39, 0.29) is 5.82 Å². The van der Waals surface area contributed by atoms with Gasteiger partial charge in [-0.2, -0.15) is 0 Å². The van der Waals surface area contributed by atoms with Gasteiger partial charge in [-0.25, -0.2) is 4.39 Å². The van der Waals surface area contributed by atoms with Crippen LogP contribution in [0.25, 0.3) is 22.7 Å². The van der Waals surface area contributed by atoms with Crippen LogP contribution in [0.5, 0.6) is 0 Å². The molecule has 0 saturated carbocycles. The van der Waals surface area contributed by atoms with Crippen molar-refractivity contribution in [2.24, 2.45) is 5.73 Å². The molecule has 3 aromatic rings. The number of hydrogen-bond donors (Lipinski definition) is 3. The number of hydrogen-bond acceptors (Lipinski definition) is 2. The summed E-state index contributed by atoms with van der Waals surface area (Å²) in [6.45, 7) is 3.64. The number of H-pyrrole nitrogens is 2. The van der Waals surface area contributed by atoms with Crippen LogP contribution in [0.15, 0.2) is 30.5 Å². The lowest BCUT2D eigenvalue weighted by Crippen LogP contribution is -2.26. The van der Waals surface area contributed by atoms with Gasteiger partial charge in [0.1, 0.15) is 11.6 Å². The number of aromatic nitrogens is 2. The van der Waals surface area contributed by atoms with Crippen LogP contribution in [0.3, 0.4) is 0 Å². The highest BCUT2D eigenvalue weighted by atomic mass is 19.1. The van der Waals surface area contributed by atoms with E-state index in [2.05, 4.69) is 9.97 Å². The highest BCUT2D eigenvalue weighted by Crippen LogP contribution is 2.19. The maximum Gasteiger partial charge on any atom is 0.250 e. The van der Waals surface area contributed by atoms with E-state index < -0.39 is 5.91 Å². The number of carbonyl (C=O) groups excluding carboxylic acids is 1. The smallest absolute Gasteiger partial charge is 0.250 e. The molecule has 0 bridgehead atoms. The molecule has 0 fully saturated rings. The van der Waals surface area contributed by atoms with Crippen LogP contribution < -0.4 is 16.3 Å². The molecule has 26 heavy (non-hydrogen) atoms. The van der Waals surface area contributed by atoms with Crippen molar-refractivity contribution in [2.75, 3.05) is 0 Å². The number of benzene rings is 1. The fourth-order valence-corrected chi connectivity index (χ4v) is 3.48. The first kappa shape index (κ1) is 16.2. The Morgan fingerprint density at radius 1 is 1.31 bits per heavy atom. The van der Waals surface area contributed by atoms with Gasteiger partial charge in [-0.1, -0.05) is 0 Å². The standard InChI is InChI=1S/C20H18FN3O2/c1-10-16(23-11(2)18(10)20(22)25)9-14-13-8-12(21)5-6-15(13)24-19(14)17-4-3-7-26-17/h3,5-9,23-24H,4H2,1-2H3,(H2,22,25)/b14-9-,19-17-. The van der Waals surface area contributed by atoms with E-state index in [1.165, 1.54) is 12.1 Å². The molecule has 1 aliphatic rings. The number of fused-ring (bicyclic) bond motifs is 1. The number of nitrogens with one attached hydrogen (secondary N) is 2. The maximum atomic E-state index is 13.8. The minimum absolute atomic E-state index is 0.314. The quantitative estimate of drug-likeness (QED) is 0.661. The number of halogens is 1. The summed E-state index contributed by atoms with van der Waals surface area (Å²) in [6.07, 6.45) is 6.11. The van der Waals surface area contributed by atoms with Gasteiger partial charge in [0, 0.05) is 33.9 Å². The summed E-state index contributed by atoms with van der Waals surface area (Å²) >= 11 is 0. The Balaban J connectivity index is 2.08. The second-order valence-corrected chi connectivity index (χ2v) is 6.39. The highest BCUT2D eigenvalue weighted by molar-refractivity contribution is 5.96. The number of aryl methyl sites for hydroxylation is 1. The molecule has 0 saturated heterocycles. The molecule has 4 N–H and O–H groups in total. The van der Waals surface area contributed by atoms with E-state index in [1.807, 2.05) is 19.1 Å². The van der Waals surface area contributed by atoms with Crippen molar-refractivity contribution < 1.29 is 13.9 Å². The molecular formula is C20H18FN3O2. The molecule has 0 aliphatic carbocycles. The van der Waals surface area contributed by atoms with Gasteiger partial charge < -0.3 is 20.4 Å². The Kier molecular flexibility index (Phi) is 3.68. The Morgan fingerprint density at radius 2 is 2.12 bits per heavy atom. The topological polar surface area (TPSA) is 83.9 Å². The van der Waals surface area contributed by atoms with Crippen molar-refractivity contribution >= 4 is 28.6 Å². The predicted molar refractivity (Wildman–Crippen MR) is 98.1 cm³/mol. The van der Waals surface area contributed by atoms with E-state index in [4.69, 9.17) is 10.5 Å². The Bertz CT molecular complexity index is 1190. The van der Waals surface area contributed by atoms with Crippen molar-refractivity contribution in [1.82, 2.24) is 9.97 Å². The van der Waals surface area contributed by atoms with Crippen molar-refractivity contribution in [3.8, 4) is 0 Å². The Hall–Kier alpha value is -3.28. The summed E-state index contributed by atoms with van der Waals surface area (Å²) in [7, 11) is 0. The fraction of sp³-hybridized carbons (Fsp3) is 0.150. The zero-order valence-electron chi connectivity index (χ0n) is 14.4. The zero-order chi connectivity index (χ0) is 18.4. The van der Waals surface area contributed by atoms with Gasteiger partial charge in [0.15, 0.2) is 0 Å². The minimum Gasteiger partial charge on any atom is -0.467 e. The third-order valence-corrected chi connectivity index (χ3v) is 4.70. The van der Waals surface area contributed by atoms with Crippen LogP contribution in [0.4, 0.5) is 4.39 Å². The number of nitrogens with two attached hydrogens (primary N) is 1. The van der Waals surface area contributed by atoms with Gasteiger partial charge in [0.05, 0.1) is 17.2 Å². The van der Waals surface area contributed by atoms with Crippen LogP contribution in [-0.2, 0) is 4.74 Å². The molecule has 0 unspecified atom stereocenters. The molecule has 0 spiro atoms. The molecule has 6 heteroatoms. The maximum absolute atomic E-state index is 13.8. The van der Waals surface area contributed by atoms with Crippen molar-refractivity contribution in [3.63, 3.8) is 0 Å². The zero-order valence-corrected chi connectivity index (χ0v) is 14.4. The lowest BCUT2D eigenvalue weighted by molar-refractivity contribution is 0.0999. The number of primary amides is 1. The molecule has 4 rings (SSSR count). The second-order valence-electron chi connectivity index (χ2n) is 6.39. The number of rotatable bonds is 2. The Labute approximate surface area is 148 Å². The summed E-state index contributed by atoms with van der Waals surface area (Å²) in [5, 5.41) is 2.34. The summed E-state index contributed by atoms with van der Waals surface area (Å²) in [6, 6.07) is 4.61.